The third kappa shape index (κ3) is 3.78. The summed E-state index contributed by atoms with van der Waals surface area (Å²) >= 11 is 0. The van der Waals surface area contributed by atoms with E-state index in [9.17, 15) is 4.79 Å². The maximum atomic E-state index is 12.3. The van der Waals surface area contributed by atoms with Crippen molar-refractivity contribution < 1.29 is 9.53 Å². The van der Waals surface area contributed by atoms with Crippen LogP contribution in [0.3, 0.4) is 0 Å². The van der Waals surface area contributed by atoms with Gasteiger partial charge in [0.05, 0.1) is 5.56 Å². The number of rotatable bonds is 3. The number of hydrogen-bond acceptors (Lipinski definition) is 4. The van der Waals surface area contributed by atoms with Gasteiger partial charge in [0.15, 0.2) is 0 Å². The van der Waals surface area contributed by atoms with Gasteiger partial charge in [0.25, 0.3) is 5.91 Å². The number of amides is 1. The van der Waals surface area contributed by atoms with Crippen molar-refractivity contribution in [3.8, 4) is 5.75 Å². The SMILES string of the molecule is CC(C)(C)Oc1ccccc1C(=O)Nc1ccncn1. The fourth-order valence-corrected chi connectivity index (χ4v) is 1.62. The van der Waals surface area contributed by atoms with Crippen LogP contribution in [0.15, 0.2) is 42.9 Å². The first-order chi connectivity index (χ1) is 9.46. The Morgan fingerprint density at radius 2 is 1.95 bits per heavy atom. The normalized spacial score (nSPS) is 10.9. The molecule has 0 aliphatic carbocycles. The number of carbonyl (C=O) groups is 1. The van der Waals surface area contributed by atoms with Gasteiger partial charge in [-0.15, -0.1) is 0 Å². The Morgan fingerprint density at radius 1 is 1.20 bits per heavy atom. The molecule has 0 atom stereocenters. The highest BCUT2D eigenvalue weighted by molar-refractivity contribution is 6.05. The van der Waals surface area contributed by atoms with Crippen molar-refractivity contribution in [3.63, 3.8) is 0 Å². The standard InChI is InChI=1S/C15H17N3O2/c1-15(2,3)20-12-7-5-4-6-11(12)14(19)18-13-8-9-16-10-17-13/h4-10H,1-3H3,(H,16,17,18,19). The van der Waals surface area contributed by atoms with Gasteiger partial charge in [-0.3, -0.25) is 4.79 Å². The van der Waals surface area contributed by atoms with Crippen molar-refractivity contribution in [1.29, 1.82) is 0 Å². The average Bonchev–Trinajstić information content (AvgIpc) is 2.38. The van der Waals surface area contributed by atoms with Gasteiger partial charge >= 0.3 is 0 Å². The lowest BCUT2D eigenvalue weighted by atomic mass is 10.1. The number of anilines is 1. The first-order valence-corrected chi connectivity index (χ1v) is 6.31. The molecular formula is C15H17N3O2. The number of ether oxygens (including phenoxy) is 1. The number of aromatic nitrogens is 2. The Balaban J connectivity index is 2.22. The van der Waals surface area contributed by atoms with Gasteiger partial charge in [-0.05, 0) is 39.0 Å². The summed E-state index contributed by atoms with van der Waals surface area (Å²) in [5.41, 5.74) is 0.103. The topological polar surface area (TPSA) is 64.1 Å². The fourth-order valence-electron chi connectivity index (χ4n) is 1.62. The van der Waals surface area contributed by atoms with Crippen molar-refractivity contribution in [1.82, 2.24) is 9.97 Å². The van der Waals surface area contributed by atoms with E-state index in [2.05, 4.69) is 15.3 Å². The van der Waals surface area contributed by atoms with Gasteiger partial charge < -0.3 is 10.1 Å². The minimum Gasteiger partial charge on any atom is -0.487 e. The van der Waals surface area contributed by atoms with Gasteiger partial charge in [0.2, 0.25) is 0 Å². The third-order valence-corrected chi connectivity index (χ3v) is 2.37. The van der Waals surface area contributed by atoms with Crippen LogP contribution in [0.4, 0.5) is 5.82 Å². The molecule has 0 saturated carbocycles. The minimum absolute atomic E-state index is 0.261. The molecule has 0 unspecified atom stereocenters. The van der Waals surface area contributed by atoms with Crippen LogP contribution in [0, 0.1) is 0 Å². The van der Waals surface area contributed by atoms with Crippen LogP contribution in [0.1, 0.15) is 31.1 Å². The van der Waals surface area contributed by atoms with E-state index in [4.69, 9.17) is 4.74 Å². The Hall–Kier alpha value is -2.43. The van der Waals surface area contributed by atoms with Crippen LogP contribution in [0.2, 0.25) is 0 Å². The van der Waals surface area contributed by atoms with Gasteiger partial charge in [-0.25, -0.2) is 9.97 Å². The van der Waals surface area contributed by atoms with Crippen LogP contribution in [0.25, 0.3) is 0 Å². The summed E-state index contributed by atoms with van der Waals surface area (Å²) in [6.45, 7) is 5.81. The summed E-state index contributed by atoms with van der Waals surface area (Å²) in [5, 5.41) is 2.71. The minimum atomic E-state index is -0.370. The van der Waals surface area contributed by atoms with E-state index in [0.29, 0.717) is 17.1 Å². The van der Waals surface area contributed by atoms with Crippen LogP contribution in [-0.2, 0) is 0 Å². The molecule has 1 aromatic heterocycles. The molecular weight excluding hydrogens is 254 g/mol. The molecule has 0 spiro atoms. The molecule has 1 N–H and O–H groups in total. The summed E-state index contributed by atoms with van der Waals surface area (Å²) in [7, 11) is 0. The summed E-state index contributed by atoms with van der Waals surface area (Å²) < 4.78 is 5.80. The van der Waals surface area contributed by atoms with Crippen LogP contribution in [0.5, 0.6) is 5.75 Å². The molecule has 0 fully saturated rings. The van der Waals surface area contributed by atoms with Crippen LogP contribution < -0.4 is 10.1 Å². The highest BCUT2D eigenvalue weighted by Crippen LogP contribution is 2.23. The molecule has 1 amide bonds. The molecule has 5 heteroatoms. The number of nitrogens with one attached hydrogen (secondary N) is 1. The molecule has 20 heavy (non-hydrogen) atoms. The molecule has 5 nitrogen and oxygen atoms in total. The third-order valence-electron chi connectivity index (χ3n) is 2.37. The van der Waals surface area contributed by atoms with Crippen molar-refractivity contribution in [3.05, 3.63) is 48.4 Å². The Labute approximate surface area is 118 Å². The molecule has 0 aliphatic rings. The van der Waals surface area contributed by atoms with E-state index in [1.54, 1.807) is 30.5 Å². The maximum absolute atomic E-state index is 12.3. The fraction of sp³-hybridized carbons (Fsp3) is 0.267. The zero-order chi connectivity index (χ0) is 14.6. The molecule has 104 valence electrons. The molecule has 2 aromatic rings. The van der Waals surface area contributed by atoms with E-state index in [1.807, 2.05) is 26.8 Å². The van der Waals surface area contributed by atoms with Crippen molar-refractivity contribution in [2.24, 2.45) is 0 Å². The number of nitrogens with zero attached hydrogens (tertiary/aromatic N) is 2. The van der Waals surface area contributed by atoms with E-state index in [1.165, 1.54) is 6.33 Å². The van der Waals surface area contributed by atoms with E-state index in [-0.39, 0.29) is 11.5 Å². The largest absolute Gasteiger partial charge is 0.487 e. The Kier molecular flexibility index (Phi) is 3.98. The summed E-state index contributed by atoms with van der Waals surface area (Å²) in [6.07, 6.45) is 2.95. The molecule has 0 bridgehead atoms. The molecule has 1 aromatic carbocycles. The lowest BCUT2D eigenvalue weighted by molar-refractivity contribution is 0.0999. The summed E-state index contributed by atoms with van der Waals surface area (Å²) in [4.78, 5) is 20.0. The van der Waals surface area contributed by atoms with Gasteiger partial charge in [0.1, 0.15) is 23.5 Å². The molecule has 2 rings (SSSR count). The number of benzene rings is 1. The van der Waals surface area contributed by atoms with Gasteiger partial charge in [0, 0.05) is 6.20 Å². The Morgan fingerprint density at radius 3 is 2.60 bits per heavy atom. The molecule has 0 aliphatic heterocycles. The predicted octanol–water partition coefficient (Wildman–Crippen LogP) is 2.91. The molecule has 0 saturated heterocycles. The summed E-state index contributed by atoms with van der Waals surface area (Å²) in [6, 6.07) is 8.76. The molecule has 1 heterocycles. The van der Waals surface area contributed by atoms with Crippen molar-refractivity contribution >= 4 is 11.7 Å². The Bertz CT molecular complexity index is 592. The summed E-state index contributed by atoms with van der Waals surface area (Å²) in [5.74, 6) is 0.741. The number of carbonyl (C=O) groups excluding carboxylic acids is 1. The van der Waals surface area contributed by atoms with Crippen LogP contribution in [-0.4, -0.2) is 21.5 Å². The lowest BCUT2D eigenvalue weighted by Gasteiger charge is -2.22. The second kappa shape index (κ2) is 5.69. The zero-order valence-electron chi connectivity index (χ0n) is 11.8. The maximum Gasteiger partial charge on any atom is 0.260 e. The van der Waals surface area contributed by atoms with Crippen LogP contribution >= 0.6 is 0 Å². The van der Waals surface area contributed by atoms with E-state index < -0.39 is 0 Å². The first-order valence-electron chi connectivity index (χ1n) is 6.31. The number of hydrogen-bond donors (Lipinski definition) is 1. The quantitative estimate of drug-likeness (QED) is 0.932. The number of para-hydroxylation sites is 1. The second-order valence-corrected chi connectivity index (χ2v) is 5.26. The first kappa shape index (κ1) is 14.0. The van der Waals surface area contributed by atoms with E-state index in [0.717, 1.165) is 0 Å². The highest BCUT2D eigenvalue weighted by Gasteiger charge is 2.18. The van der Waals surface area contributed by atoms with E-state index >= 15 is 0 Å². The van der Waals surface area contributed by atoms with Gasteiger partial charge in [-0.2, -0.15) is 0 Å². The van der Waals surface area contributed by atoms with Gasteiger partial charge in [-0.1, -0.05) is 12.1 Å². The smallest absolute Gasteiger partial charge is 0.260 e. The lowest BCUT2D eigenvalue weighted by Crippen LogP contribution is -2.25. The monoisotopic (exact) mass is 271 g/mol. The molecule has 0 radical (unpaired) electrons. The average molecular weight is 271 g/mol. The van der Waals surface area contributed by atoms with Crippen molar-refractivity contribution in [2.45, 2.75) is 26.4 Å². The predicted molar refractivity (Wildman–Crippen MR) is 76.8 cm³/mol. The zero-order valence-corrected chi connectivity index (χ0v) is 11.8. The second-order valence-electron chi connectivity index (χ2n) is 5.26. The highest BCUT2D eigenvalue weighted by atomic mass is 16.5. The van der Waals surface area contributed by atoms with Crippen molar-refractivity contribution in [2.75, 3.05) is 5.32 Å².